The number of aryl methyl sites for hydroxylation is 3. The van der Waals surface area contributed by atoms with Crippen LogP contribution in [0.5, 0.6) is 5.75 Å². The van der Waals surface area contributed by atoms with E-state index in [2.05, 4.69) is 27.1 Å². The molecule has 25 heavy (non-hydrogen) atoms. The van der Waals surface area contributed by atoms with Gasteiger partial charge in [-0.15, -0.1) is 0 Å². The number of hydrogen-bond donors (Lipinski definition) is 1. The van der Waals surface area contributed by atoms with E-state index in [1.807, 2.05) is 26.2 Å². The molecule has 132 valence electrons. The number of hydrogen-bond acceptors (Lipinski definition) is 4. The fourth-order valence-corrected chi connectivity index (χ4v) is 2.88. The number of rotatable bonds is 6. The maximum Gasteiger partial charge on any atom is 0.387 e. The Labute approximate surface area is 144 Å². The van der Waals surface area contributed by atoms with Gasteiger partial charge in [0.1, 0.15) is 5.75 Å². The van der Waals surface area contributed by atoms with Crippen LogP contribution in [0.4, 0.5) is 14.5 Å². The molecule has 0 atom stereocenters. The van der Waals surface area contributed by atoms with Crippen LogP contribution in [0.1, 0.15) is 23.9 Å². The number of anilines is 1. The van der Waals surface area contributed by atoms with Crippen molar-refractivity contribution in [2.45, 2.75) is 33.4 Å². The van der Waals surface area contributed by atoms with Crippen molar-refractivity contribution >= 4 is 16.6 Å². The summed E-state index contributed by atoms with van der Waals surface area (Å²) in [6.07, 6.45) is 2.83. The van der Waals surface area contributed by atoms with E-state index in [4.69, 9.17) is 0 Å². The number of aromatic nitrogens is 3. The van der Waals surface area contributed by atoms with E-state index < -0.39 is 6.61 Å². The third-order valence-electron chi connectivity index (χ3n) is 3.93. The van der Waals surface area contributed by atoms with Crippen LogP contribution < -0.4 is 10.1 Å². The maximum absolute atomic E-state index is 12.5. The monoisotopic (exact) mass is 346 g/mol. The Morgan fingerprint density at radius 1 is 1.28 bits per heavy atom. The van der Waals surface area contributed by atoms with E-state index in [-0.39, 0.29) is 5.75 Å². The Balaban J connectivity index is 1.93. The average Bonchev–Trinajstić information content (AvgIpc) is 2.92. The van der Waals surface area contributed by atoms with Gasteiger partial charge in [0.25, 0.3) is 0 Å². The molecule has 3 rings (SSSR count). The molecule has 1 N–H and O–H groups in total. The minimum atomic E-state index is -2.85. The second-order valence-corrected chi connectivity index (χ2v) is 5.85. The van der Waals surface area contributed by atoms with Gasteiger partial charge in [-0.3, -0.25) is 9.67 Å². The van der Waals surface area contributed by atoms with Crippen molar-refractivity contribution in [2.24, 2.45) is 7.05 Å². The summed E-state index contributed by atoms with van der Waals surface area (Å²) in [5.74, 6) is 0.117. The summed E-state index contributed by atoms with van der Waals surface area (Å²) in [4.78, 5) is 4.45. The second-order valence-electron chi connectivity index (χ2n) is 5.85. The van der Waals surface area contributed by atoms with Crippen LogP contribution in [-0.4, -0.2) is 21.4 Å². The van der Waals surface area contributed by atoms with Gasteiger partial charge >= 0.3 is 6.61 Å². The topological polar surface area (TPSA) is 52.0 Å². The highest BCUT2D eigenvalue weighted by Crippen LogP contribution is 2.28. The molecule has 0 saturated carbocycles. The highest BCUT2D eigenvalue weighted by Gasteiger charge is 2.11. The average molecular weight is 346 g/mol. The molecule has 5 nitrogen and oxygen atoms in total. The van der Waals surface area contributed by atoms with Crippen LogP contribution >= 0.6 is 0 Å². The number of pyridine rings is 1. The standard InChI is InChI=1S/C18H20F2N4O/c1-4-15-12(10-24(3)23-15)9-21-17-7-11(2)22-16-6-5-13(8-14(16)17)25-18(19)20/h5-8,10,18H,4,9H2,1-3H3,(H,21,22). The summed E-state index contributed by atoms with van der Waals surface area (Å²) in [6.45, 7) is 1.70. The highest BCUT2D eigenvalue weighted by molar-refractivity contribution is 5.92. The summed E-state index contributed by atoms with van der Waals surface area (Å²) >= 11 is 0. The first kappa shape index (κ1) is 17.1. The molecule has 0 aliphatic rings. The number of halogens is 2. The number of fused-ring (bicyclic) bond motifs is 1. The van der Waals surface area contributed by atoms with E-state index >= 15 is 0 Å². The lowest BCUT2D eigenvalue weighted by atomic mass is 10.1. The van der Waals surface area contributed by atoms with Gasteiger partial charge in [-0.25, -0.2) is 0 Å². The predicted octanol–water partition coefficient (Wildman–Crippen LogP) is 4.05. The molecule has 0 fully saturated rings. The van der Waals surface area contributed by atoms with Crippen LogP contribution in [0.25, 0.3) is 10.9 Å². The molecule has 0 unspecified atom stereocenters. The fraction of sp³-hybridized carbons (Fsp3) is 0.333. The van der Waals surface area contributed by atoms with Crippen LogP contribution in [-0.2, 0) is 20.0 Å². The Morgan fingerprint density at radius 2 is 2.08 bits per heavy atom. The molecule has 2 aromatic heterocycles. The van der Waals surface area contributed by atoms with Crippen molar-refractivity contribution in [2.75, 3.05) is 5.32 Å². The zero-order valence-electron chi connectivity index (χ0n) is 14.4. The minimum Gasteiger partial charge on any atom is -0.435 e. The first-order chi connectivity index (χ1) is 12.0. The second kappa shape index (κ2) is 7.04. The van der Waals surface area contributed by atoms with Crippen molar-refractivity contribution in [1.29, 1.82) is 0 Å². The molecular weight excluding hydrogens is 326 g/mol. The van der Waals surface area contributed by atoms with Gasteiger partial charge in [0.15, 0.2) is 0 Å². The van der Waals surface area contributed by atoms with Crippen LogP contribution in [0, 0.1) is 6.92 Å². The maximum atomic E-state index is 12.5. The van der Waals surface area contributed by atoms with Gasteiger partial charge in [-0.05, 0) is 37.6 Å². The summed E-state index contributed by atoms with van der Waals surface area (Å²) in [5.41, 5.74) is 4.54. The molecule has 0 aliphatic heterocycles. The Kier molecular flexibility index (Phi) is 4.83. The first-order valence-corrected chi connectivity index (χ1v) is 8.07. The number of nitrogens with one attached hydrogen (secondary N) is 1. The Bertz CT molecular complexity index is 892. The number of nitrogens with zero attached hydrogens (tertiary/aromatic N) is 3. The van der Waals surface area contributed by atoms with Gasteiger partial charge < -0.3 is 10.1 Å². The SMILES string of the molecule is CCc1nn(C)cc1CNc1cc(C)nc2ccc(OC(F)F)cc12. The van der Waals surface area contributed by atoms with E-state index in [9.17, 15) is 8.78 Å². The summed E-state index contributed by atoms with van der Waals surface area (Å²) in [6, 6.07) is 6.67. The molecule has 0 aliphatic carbocycles. The van der Waals surface area contributed by atoms with Gasteiger partial charge in [-0.2, -0.15) is 13.9 Å². The van der Waals surface area contributed by atoms with E-state index in [0.29, 0.717) is 6.54 Å². The normalized spacial score (nSPS) is 11.3. The van der Waals surface area contributed by atoms with E-state index in [1.54, 1.807) is 16.8 Å². The lowest BCUT2D eigenvalue weighted by Gasteiger charge is -2.12. The lowest BCUT2D eigenvalue weighted by Crippen LogP contribution is -2.04. The number of ether oxygens (including phenoxy) is 1. The van der Waals surface area contributed by atoms with Gasteiger partial charge in [0.2, 0.25) is 0 Å². The van der Waals surface area contributed by atoms with Crippen molar-refractivity contribution in [3.8, 4) is 5.75 Å². The van der Waals surface area contributed by atoms with Crippen LogP contribution in [0.3, 0.4) is 0 Å². The molecule has 2 heterocycles. The predicted molar refractivity (Wildman–Crippen MR) is 93.0 cm³/mol. The van der Waals surface area contributed by atoms with Crippen LogP contribution in [0.15, 0.2) is 30.5 Å². The molecule has 0 spiro atoms. The summed E-state index contributed by atoms with van der Waals surface area (Å²) in [7, 11) is 1.89. The molecular formula is C18H20F2N4O. The summed E-state index contributed by atoms with van der Waals surface area (Å²) in [5, 5.41) is 8.55. The molecule has 7 heteroatoms. The quantitative estimate of drug-likeness (QED) is 0.731. The smallest absolute Gasteiger partial charge is 0.387 e. The highest BCUT2D eigenvalue weighted by atomic mass is 19.3. The largest absolute Gasteiger partial charge is 0.435 e. The van der Waals surface area contributed by atoms with Crippen molar-refractivity contribution in [3.05, 3.63) is 47.4 Å². The molecule has 0 bridgehead atoms. The Morgan fingerprint density at radius 3 is 2.80 bits per heavy atom. The fourth-order valence-electron chi connectivity index (χ4n) is 2.88. The van der Waals surface area contributed by atoms with Crippen LogP contribution in [0.2, 0.25) is 0 Å². The zero-order valence-corrected chi connectivity index (χ0v) is 14.4. The third-order valence-corrected chi connectivity index (χ3v) is 3.93. The van der Waals surface area contributed by atoms with Gasteiger partial charge in [0, 0.05) is 42.1 Å². The first-order valence-electron chi connectivity index (χ1n) is 8.07. The molecule has 3 aromatic rings. The Hall–Kier alpha value is -2.70. The minimum absolute atomic E-state index is 0.117. The number of benzene rings is 1. The van der Waals surface area contributed by atoms with Gasteiger partial charge in [-0.1, -0.05) is 6.92 Å². The molecule has 0 radical (unpaired) electrons. The van der Waals surface area contributed by atoms with Gasteiger partial charge in [0.05, 0.1) is 11.2 Å². The van der Waals surface area contributed by atoms with Crippen molar-refractivity contribution < 1.29 is 13.5 Å². The molecule has 1 aromatic carbocycles. The van der Waals surface area contributed by atoms with Crippen molar-refractivity contribution in [3.63, 3.8) is 0 Å². The van der Waals surface area contributed by atoms with Crippen molar-refractivity contribution in [1.82, 2.24) is 14.8 Å². The lowest BCUT2D eigenvalue weighted by molar-refractivity contribution is -0.0497. The molecule has 0 saturated heterocycles. The van der Waals surface area contributed by atoms with E-state index in [0.717, 1.165) is 40.0 Å². The zero-order chi connectivity index (χ0) is 18.0. The number of alkyl halides is 2. The van der Waals surface area contributed by atoms with E-state index in [1.165, 1.54) is 6.07 Å². The summed E-state index contributed by atoms with van der Waals surface area (Å²) < 4.78 is 31.3. The molecule has 0 amide bonds. The third kappa shape index (κ3) is 3.87.